The van der Waals surface area contributed by atoms with E-state index in [2.05, 4.69) is 22.9 Å². The third-order valence-corrected chi connectivity index (χ3v) is 4.14. The van der Waals surface area contributed by atoms with Crippen LogP contribution < -0.4 is 16.0 Å². The van der Waals surface area contributed by atoms with Crippen molar-refractivity contribution in [2.45, 2.75) is 71.9 Å². The second-order valence-corrected chi connectivity index (χ2v) is 8.13. The molecule has 3 N–H and O–H groups in total. The fraction of sp³-hybridized carbons (Fsp3) is 0.591. The quantitative estimate of drug-likeness (QED) is 0.557. The molecule has 0 fully saturated rings. The first-order chi connectivity index (χ1) is 13.6. The van der Waals surface area contributed by atoms with Crippen molar-refractivity contribution in [3.63, 3.8) is 0 Å². The van der Waals surface area contributed by atoms with E-state index in [4.69, 9.17) is 4.74 Å². The Morgan fingerprint density at radius 2 is 1.72 bits per heavy atom. The molecule has 3 amide bonds. The van der Waals surface area contributed by atoms with Crippen LogP contribution in [0.4, 0.5) is 4.79 Å². The molecule has 1 unspecified atom stereocenters. The standard InChI is InChI=1S/C22H35N3O4/c1-6-7-8-19(15-24-21(28)29-22(3,4)5)25-20(27)18-11-9-17(10-12-18)13-14-23-16(2)26/h9-12,19H,6-8,13-15H2,1-5H3,(H,23,26)(H,24,28)(H,25,27). The number of hydrogen-bond acceptors (Lipinski definition) is 4. The molecule has 7 heteroatoms. The molecule has 0 saturated heterocycles. The average molecular weight is 406 g/mol. The lowest BCUT2D eigenvalue weighted by atomic mass is 10.1. The summed E-state index contributed by atoms with van der Waals surface area (Å²) in [5, 5.41) is 8.48. The summed E-state index contributed by atoms with van der Waals surface area (Å²) in [7, 11) is 0. The van der Waals surface area contributed by atoms with Crippen molar-refractivity contribution in [1.82, 2.24) is 16.0 Å². The molecule has 7 nitrogen and oxygen atoms in total. The minimum atomic E-state index is -0.562. The fourth-order valence-corrected chi connectivity index (χ4v) is 2.67. The van der Waals surface area contributed by atoms with Crippen molar-refractivity contribution < 1.29 is 19.1 Å². The van der Waals surface area contributed by atoms with Gasteiger partial charge in [-0.1, -0.05) is 31.9 Å². The monoisotopic (exact) mass is 405 g/mol. The summed E-state index contributed by atoms with van der Waals surface area (Å²) < 4.78 is 5.25. The summed E-state index contributed by atoms with van der Waals surface area (Å²) >= 11 is 0. The van der Waals surface area contributed by atoms with E-state index >= 15 is 0 Å². The van der Waals surface area contributed by atoms with Gasteiger partial charge in [0.05, 0.1) is 0 Å². The predicted octanol–water partition coefficient (Wildman–Crippen LogP) is 3.18. The van der Waals surface area contributed by atoms with E-state index < -0.39 is 11.7 Å². The zero-order chi connectivity index (χ0) is 21.9. The SMILES string of the molecule is CCCCC(CNC(=O)OC(C)(C)C)NC(=O)c1ccc(CCNC(C)=O)cc1. The summed E-state index contributed by atoms with van der Waals surface area (Å²) in [6.07, 6.45) is 2.94. The maximum atomic E-state index is 12.6. The second kappa shape index (κ2) is 12.1. The average Bonchev–Trinajstić information content (AvgIpc) is 2.62. The lowest BCUT2D eigenvalue weighted by Crippen LogP contribution is -2.44. The Hall–Kier alpha value is -2.57. The molecule has 1 aromatic rings. The third kappa shape index (κ3) is 11.1. The van der Waals surface area contributed by atoms with Gasteiger partial charge in [0.2, 0.25) is 5.91 Å². The predicted molar refractivity (Wildman–Crippen MR) is 114 cm³/mol. The highest BCUT2D eigenvalue weighted by Crippen LogP contribution is 2.09. The number of rotatable bonds is 10. The summed E-state index contributed by atoms with van der Waals surface area (Å²) in [5.74, 6) is -0.232. The Labute approximate surface area is 174 Å². The molecule has 0 aromatic heterocycles. The van der Waals surface area contributed by atoms with E-state index in [0.29, 0.717) is 25.1 Å². The topological polar surface area (TPSA) is 96.5 Å². The van der Waals surface area contributed by atoms with Crippen molar-refractivity contribution in [3.05, 3.63) is 35.4 Å². The van der Waals surface area contributed by atoms with Gasteiger partial charge in [0.1, 0.15) is 5.60 Å². The van der Waals surface area contributed by atoms with Gasteiger partial charge < -0.3 is 20.7 Å². The molecule has 0 saturated carbocycles. The largest absolute Gasteiger partial charge is 0.444 e. The highest BCUT2D eigenvalue weighted by atomic mass is 16.6. The van der Waals surface area contributed by atoms with E-state index in [9.17, 15) is 14.4 Å². The molecule has 0 aliphatic rings. The Morgan fingerprint density at radius 3 is 2.28 bits per heavy atom. The van der Waals surface area contributed by atoms with Crippen molar-refractivity contribution in [2.75, 3.05) is 13.1 Å². The lowest BCUT2D eigenvalue weighted by Gasteiger charge is -2.22. The maximum Gasteiger partial charge on any atom is 0.407 e. The van der Waals surface area contributed by atoms with E-state index in [0.717, 1.165) is 24.8 Å². The molecule has 29 heavy (non-hydrogen) atoms. The number of unbranched alkanes of at least 4 members (excludes halogenated alkanes) is 1. The number of amides is 3. The molecule has 1 rings (SSSR count). The van der Waals surface area contributed by atoms with Crippen LogP contribution >= 0.6 is 0 Å². The minimum absolute atomic E-state index is 0.0564. The molecule has 0 spiro atoms. The number of nitrogens with one attached hydrogen (secondary N) is 3. The number of carbonyl (C=O) groups is 3. The molecule has 0 heterocycles. The van der Waals surface area contributed by atoms with Crippen LogP contribution in [0, 0.1) is 0 Å². The molecule has 0 aliphatic carbocycles. The van der Waals surface area contributed by atoms with E-state index in [1.165, 1.54) is 6.92 Å². The molecular formula is C22H35N3O4. The summed E-state index contributed by atoms with van der Waals surface area (Å²) in [5.41, 5.74) is 1.05. The van der Waals surface area contributed by atoms with Crippen LogP contribution in [0.15, 0.2) is 24.3 Å². The zero-order valence-electron chi connectivity index (χ0n) is 18.3. The number of hydrogen-bond donors (Lipinski definition) is 3. The van der Waals surface area contributed by atoms with Gasteiger partial charge in [0, 0.05) is 31.6 Å². The Bertz CT molecular complexity index is 666. The van der Waals surface area contributed by atoms with Gasteiger partial charge >= 0.3 is 6.09 Å². The van der Waals surface area contributed by atoms with Crippen LogP contribution in [0.5, 0.6) is 0 Å². The smallest absolute Gasteiger partial charge is 0.407 e. The van der Waals surface area contributed by atoms with Crippen molar-refractivity contribution >= 4 is 17.9 Å². The first-order valence-corrected chi connectivity index (χ1v) is 10.2. The normalized spacial score (nSPS) is 12.0. The van der Waals surface area contributed by atoms with Gasteiger partial charge in [-0.2, -0.15) is 0 Å². The summed E-state index contributed by atoms with van der Waals surface area (Å²) in [6.45, 7) is 9.87. The van der Waals surface area contributed by atoms with Crippen LogP contribution in [0.1, 0.15) is 69.8 Å². The first-order valence-electron chi connectivity index (χ1n) is 10.2. The minimum Gasteiger partial charge on any atom is -0.444 e. The van der Waals surface area contributed by atoms with Crippen molar-refractivity contribution in [2.24, 2.45) is 0 Å². The third-order valence-electron chi connectivity index (χ3n) is 4.14. The van der Waals surface area contributed by atoms with Crippen molar-refractivity contribution in [3.8, 4) is 0 Å². The number of carbonyl (C=O) groups excluding carboxylic acids is 3. The highest BCUT2D eigenvalue weighted by Gasteiger charge is 2.19. The summed E-state index contributed by atoms with van der Waals surface area (Å²) in [6, 6.07) is 7.15. The summed E-state index contributed by atoms with van der Waals surface area (Å²) in [4.78, 5) is 35.4. The number of alkyl carbamates (subject to hydrolysis) is 1. The van der Waals surface area contributed by atoms with Crippen LogP contribution in [-0.4, -0.2) is 42.6 Å². The molecular weight excluding hydrogens is 370 g/mol. The van der Waals surface area contributed by atoms with Gasteiger partial charge in [0.25, 0.3) is 5.91 Å². The van der Waals surface area contributed by atoms with Crippen LogP contribution in [0.25, 0.3) is 0 Å². The highest BCUT2D eigenvalue weighted by molar-refractivity contribution is 5.94. The van der Waals surface area contributed by atoms with Crippen LogP contribution in [0.2, 0.25) is 0 Å². The van der Waals surface area contributed by atoms with E-state index in [-0.39, 0.29) is 17.9 Å². The van der Waals surface area contributed by atoms with Gasteiger partial charge in [0.15, 0.2) is 0 Å². The van der Waals surface area contributed by atoms with Gasteiger partial charge in [-0.25, -0.2) is 4.79 Å². The number of ether oxygens (including phenoxy) is 1. The van der Waals surface area contributed by atoms with E-state index in [1.807, 2.05) is 32.9 Å². The lowest BCUT2D eigenvalue weighted by molar-refractivity contribution is -0.118. The number of benzene rings is 1. The molecule has 0 aliphatic heterocycles. The van der Waals surface area contributed by atoms with E-state index in [1.54, 1.807) is 12.1 Å². The first kappa shape index (κ1) is 24.5. The molecule has 0 radical (unpaired) electrons. The van der Waals surface area contributed by atoms with Gasteiger partial charge in [-0.15, -0.1) is 0 Å². The molecule has 162 valence electrons. The Morgan fingerprint density at radius 1 is 1.07 bits per heavy atom. The fourth-order valence-electron chi connectivity index (χ4n) is 2.67. The van der Waals surface area contributed by atoms with Crippen LogP contribution in [-0.2, 0) is 16.0 Å². The molecule has 0 bridgehead atoms. The van der Waals surface area contributed by atoms with Crippen LogP contribution in [0.3, 0.4) is 0 Å². The van der Waals surface area contributed by atoms with Gasteiger partial charge in [-0.05, 0) is 51.3 Å². The molecule has 1 aromatic carbocycles. The zero-order valence-corrected chi connectivity index (χ0v) is 18.3. The van der Waals surface area contributed by atoms with Crippen molar-refractivity contribution in [1.29, 1.82) is 0 Å². The molecule has 1 atom stereocenters. The Kier molecular flexibility index (Phi) is 10.2. The maximum absolute atomic E-state index is 12.6. The van der Waals surface area contributed by atoms with Gasteiger partial charge in [-0.3, -0.25) is 9.59 Å². The Balaban J connectivity index is 2.60. The second-order valence-electron chi connectivity index (χ2n) is 8.13.